The summed E-state index contributed by atoms with van der Waals surface area (Å²) >= 11 is 2.12. The normalized spacial score (nSPS) is 42.8. The van der Waals surface area contributed by atoms with E-state index >= 15 is 0 Å². The number of hydrogen-bond acceptors (Lipinski definition) is 5. The minimum absolute atomic E-state index is 0.0951. The molecule has 0 aromatic heterocycles. The zero-order valence-electron chi connectivity index (χ0n) is 16.2. The molecule has 0 radical (unpaired) electrons. The van der Waals surface area contributed by atoms with Gasteiger partial charge in [-0.3, -0.25) is 4.79 Å². The Balaban J connectivity index is 1.64. The SMILES string of the molecule is CC1C(OCC(O)CN(C)C)CC2C(=O)C3CCCCC3SC2C1C. The van der Waals surface area contributed by atoms with E-state index in [0.717, 1.165) is 12.8 Å². The molecule has 0 amide bonds. The first-order valence-corrected chi connectivity index (χ1v) is 11.0. The first-order valence-electron chi connectivity index (χ1n) is 10.0. The lowest BCUT2D eigenvalue weighted by atomic mass is 9.68. The van der Waals surface area contributed by atoms with Crippen LogP contribution < -0.4 is 0 Å². The monoisotopic (exact) mass is 369 g/mol. The molecule has 25 heavy (non-hydrogen) atoms. The predicted octanol–water partition coefficient (Wildman–Crippen LogP) is 2.83. The Morgan fingerprint density at radius 1 is 1.20 bits per heavy atom. The van der Waals surface area contributed by atoms with Gasteiger partial charge in [0.05, 0.1) is 18.8 Å². The van der Waals surface area contributed by atoms with Crippen molar-refractivity contribution >= 4 is 17.5 Å². The van der Waals surface area contributed by atoms with Gasteiger partial charge in [0.1, 0.15) is 5.78 Å². The average Bonchev–Trinajstić information content (AvgIpc) is 2.57. The van der Waals surface area contributed by atoms with Gasteiger partial charge < -0.3 is 14.7 Å². The molecule has 0 aromatic rings. The Morgan fingerprint density at radius 2 is 1.92 bits per heavy atom. The van der Waals surface area contributed by atoms with Crippen molar-refractivity contribution in [3.05, 3.63) is 0 Å². The summed E-state index contributed by atoms with van der Waals surface area (Å²) in [7, 11) is 3.91. The third-order valence-corrected chi connectivity index (χ3v) is 8.65. The minimum atomic E-state index is -0.464. The Bertz CT molecular complexity index is 472. The number of fused-ring (bicyclic) bond motifs is 2. The second kappa shape index (κ2) is 8.28. The van der Waals surface area contributed by atoms with Gasteiger partial charge >= 0.3 is 0 Å². The van der Waals surface area contributed by atoms with Crippen molar-refractivity contribution in [1.29, 1.82) is 0 Å². The number of carbonyl (C=O) groups excluding carboxylic acids is 1. The lowest BCUT2D eigenvalue weighted by Crippen LogP contribution is -2.53. The van der Waals surface area contributed by atoms with Crippen LogP contribution in [-0.4, -0.2) is 65.7 Å². The fraction of sp³-hybridized carbons (Fsp3) is 0.950. The first-order chi connectivity index (χ1) is 11.9. The zero-order chi connectivity index (χ0) is 18.1. The second-order valence-electron chi connectivity index (χ2n) is 8.78. The molecule has 0 aromatic carbocycles. The van der Waals surface area contributed by atoms with Crippen LogP contribution in [0.25, 0.3) is 0 Å². The molecular formula is C20H35NO3S. The Labute approximate surface area is 157 Å². The Kier molecular flexibility index (Phi) is 6.51. The van der Waals surface area contributed by atoms with Crippen molar-refractivity contribution in [1.82, 2.24) is 4.90 Å². The van der Waals surface area contributed by atoms with Gasteiger partial charge in [0.15, 0.2) is 0 Å². The highest BCUT2D eigenvalue weighted by Crippen LogP contribution is 2.52. The van der Waals surface area contributed by atoms with E-state index in [2.05, 4.69) is 25.6 Å². The molecule has 8 atom stereocenters. The summed E-state index contributed by atoms with van der Waals surface area (Å²) in [5.41, 5.74) is 0. The molecule has 8 unspecified atom stereocenters. The molecule has 4 nitrogen and oxygen atoms in total. The topological polar surface area (TPSA) is 49.8 Å². The molecule has 3 rings (SSSR count). The second-order valence-corrected chi connectivity index (χ2v) is 10.2. The van der Waals surface area contributed by atoms with E-state index in [-0.39, 0.29) is 12.0 Å². The molecule has 0 bridgehead atoms. The van der Waals surface area contributed by atoms with E-state index in [1.54, 1.807) is 0 Å². The number of aliphatic hydroxyl groups is 1. The smallest absolute Gasteiger partial charge is 0.141 e. The molecule has 5 heteroatoms. The predicted molar refractivity (Wildman–Crippen MR) is 103 cm³/mol. The number of ether oxygens (including phenoxy) is 1. The van der Waals surface area contributed by atoms with Crippen LogP contribution in [0.5, 0.6) is 0 Å². The molecule has 2 aliphatic carbocycles. The third kappa shape index (κ3) is 4.26. The van der Waals surface area contributed by atoms with Gasteiger partial charge in [-0.05, 0) is 45.2 Å². The van der Waals surface area contributed by atoms with E-state index in [1.807, 2.05) is 19.0 Å². The van der Waals surface area contributed by atoms with Gasteiger partial charge in [-0.1, -0.05) is 26.7 Å². The summed E-state index contributed by atoms with van der Waals surface area (Å²) in [5, 5.41) is 11.1. The molecule has 144 valence electrons. The number of Topliss-reactive ketones (excluding diaryl/α,β-unsaturated/α-hetero) is 1. The Hall–Kier alpha value is -0.100. The summed E-state index contributed by atoms with van der Waals surface area (Å²) in [6.45, 7) is 5.55. The summed E-state index contributed by atoms with van der Waals surface area (Å²) in [6, 6.07) is 0. The summed E-state index contributed by atoms with van der Waals surface area (Å²) < 4.78 is 6.12. The molecule has 3 fully saturated rings. The Morgan fingerprint density at radius 3 is 2.64 bits per heavy atom. The standard InChI is InChI=1S/C20H35NO3S/c1-12-13(2)20-16(9-17(12)24-11-14(22)10-21(3)4)19(23)15-7-5-6-8-18(15)25-20/h12-18,20,22H,5-11H2,1-4H3. The van der Waals surface area contributed by atoms with Crippen molar-refractivity contribution in [3.63, 3.8) is 0 Å². The number of thioether (sulfide) groups is 1. The van der Waals surface area contributed by atoms with E-state index in [9.17, 15) is 9.90 Å². The number of rotatable bonds is 5. The quantitative estimate of drug-likeness (QED) is 0.807. The number of carbonyl (C=O) groups is 1. The van der Waals surface area contributed by atoms with Crippen molar-refractivity contribution < 1.29 is 14.6 Å². The van der Waals surface area contributed by atoms with Gasteiger partial charge in [0.25, 0.3) is 0 Å². The van der Waals surface area contributed by atoms with Crippen molar-refractivity contribution in [2.75, 3.05) is 27.2 Å². The summed E-state index contributed by atoms with van der Waals surface area (Å²) in [4.78, 5) is 15.1. The van der Waals surface area contributed by atoms with E-state index in [4.69, 9.17) is 4.74 Å². The van der Waals surface area contributed by atoms with Crippen molar-refractivity contribution in [2.45, 2.75) is 68.7 Å². The largest absolute Gasteiger partial charge is 0.389 e. The highest BCUT2D eigenvalue weighted by molar-refractivity contribution is 8.00. The molecule has 2 saturated carbocycles. The maximum absolute atomic E-state index is 13.2. The molecular weight excluding hydrogens is 334 g/mol. The molecule has 1 heterocycles. The van der Waals surface area contributed by atoms with Gasteiger partial charge in [0, 0.05) is 28.9 Å². The van der Waals surface area contributed by atoms with E-state index < -0.39 is 6.10 Å². The maximum Gasteiger partial charge on any atom is 0.141 e. The number of nitrogens with zero attached hydrogens (tertiary/aromatic N) is 1. The number of likely N-dealkylation sites (N-methyl/N-ethyl adjacent to an activating group) is 1. The van der Waals surface area contributed by atoms with Crippen LogP contribution in [0.1, 0.15) is 46.0 Å². The van der Waals surface area contributed by atoms with Gasteiger partial charge in [-0.25, -0.2) is 0 Å². The maximum atomic E-state index is 13.2. The minimum Gasteiger partial charge on any atom is -0.389 e. The van der Waals surface area contributed by atoms with Gasteiger partial charge in [0.2, 0.25) is 0 Å². The molecule has 1 saturated heterocycles. The van der Waals surface area contributed by atoms with Crippen LogP contribution in [0.3, 0.4) is 0 Å². The van der Waals surface area contributed by atoms with E-state index in [0.29, 0.717) is 47.2 Å². The van der Waals surface area contributed by atoms with Crippen LogP contribution in [-0.2, 0) is 9.53 Å². The first kappa shape index (κ1) is 19.7. The van der Waals surface area contributed by atoms with Crippen molar-refractivity contribution in [3.8, 4) is 0 Å². The number of aliphatic hydroxyl groups excluding tert-OH is 1. The van der Waals surface area contributed by atoms with Crippen LogP contribution in [0, 0.1) is 23.7 Å². The fourth-order valence-electron chi connectivity index (χ4n) is 5.09. The van der Waals surface area contributed by atoms with Crippen LogP contribution in [0.15, 0.2) is 0 Å². The third-order valence-electron chi connectivity index (χ3n) is 6.66. The van der Waals surface area contributed by atoms with Crippen LogP contribution in [0.4, 0.5) is 0 Å². The summed E-state index contributed by atoms with van der Waals surface area (Å²) in [6.07, 6.45) is 5.30. The fourth-order valence-corrected chi connectivity index (χ4v) is 7.19. The molecule has 3 aliphatic rings. The van der Waals surface area contributed by atoms with Crippen LogP contribution >= 0.6 is 11.8 Å². The van der Waals surface area contributed by atoms with Gasteiger partial charge in [-0.15, -0.1) is 0 Å². The average molecular weight is 370 g/mol. The lowest BCUT2D eigenvalue weighted by Gasteiger charge is -2.50. The molecule has 1 N–H and O–H groups in total. The zero-order valence-corrected chi connectivity index (χ0v) is 17.0. The van der Waals surface area contributed by atoms with Crippen molar-refractivity contribution in [2.24, 2.45) is 23.7 Å². The highest BCUT2D eigenvalue weighted by Gasteiger charge is 2.51. The molecule has 0 spiro atoms. The van der Waals surface area contributed by atoms with Crippen LogP contribution in [0.2, 0.25) is 0 Å². The highest BCUT2D eigenvalue weighted by atomic mass is 32.2. The van der Waals surface area contributed by atoms with Gasteiger partial charge in [-0.2, -0.15) is 11.8 Å². The number of ketones is 1. The van der Waals surface area contributed by atoms with E-state index in [1.165, 1.54) is 19.3 Å². The molecule has 1 aliphatic heterocycles. The summed E-state index contributed by atoms with van der Waals surface area (Å²) in [5.74, 6) is 1.90. The number of hydrogen-bond donors (Lipinski definition) is 1. The lowest BCUT2D eigenvalue weighted by molar-refractivity contribution is -0.135.